The Hall–Kier alpha value is -3.03. The monoisotopic (exact) mass is 393 g/mol. The highest BCUT2D eigenvalue weighted by molar-refractivity contribution is 5.94. The van der Waals surface area contributed by atoms with Crippen molar-refractivity contribution in [1.82, 2.24) is 0 Å². The van der Waals surface area contributed by atoms with Gasteiger partial charge in [-0.3, -0.25) is 9.59 Å². The van der Waals surface area contributed by atoms with Crippen molar-refractivity contribution in [2.24, 2.45) is 0 Å². The molecule has 0 bridgehead atoms. The SMILES string of the molecule is CC(=O)N(CCC(=O)Nc1ccc(N(C)C)cc1)c1ccc(C(F)(F)F)cc1. The average Bonchev–Trinajstić information content (AvgIpc) is 2.61. The van der Waals surface area contributed by atoms with Crippen LogP contribution in [-0.2, 0) is 15.8 Å². The van der Waals surface area contributed by atoms with Crippen LogP contribution in [0.5, 0.6) is 0 Å². The highest BCUT2D eigenvalue weighted by atomic mass is 19.4. The summed E-state index contributed by atoms with van der Waals surface area (Å²) in [5.74, 6) is -0.654. The van der Waals surface area contributed by atoms with Crippen LogP contribution in [-0.4, -0.2) is 32.5 Å². The second-order valence-electron chi connectivity index (χ2n) is 6.45. The first-order valence-electron chi connectivity index (χ1n) is 8.60. The van der Waals surface area contributed by atoms with Crippen molar-refractivity contribution in [2.45, 2.75) is 19.5 Å². The summed E-state index contributed by atoms with van der Waals surface area (Å²) >= 11 is 0. The van der Waals surface area contributed by atoms with Crippen LogP contribution in [0.3, 0.4) is 0 Å². The Morgan fingerprint density at radius 1 is 0.929 bits per heavy atom. The van der Waals surface area contributed by atoms with Crippen LogP contribution in [0.4, 0.5) is 30.2 Å². The van der Waals surface area contributed by atoms with E-state index in [9.17, 15) is 22.8 Å². The van der Waals surface area contributed by atoms with Gasteiger partial charge in [0.25, 0.3) is 0 Å². The molecule has 28 heavy (non-hydrogen) atoms. The maximum Gasteiger partial charge on any atom is 0.416 e. The number of carbonyl (C=O) groups is 2. The number of carbonyl (C=O) groups excluding carboxylic acids is 2. The molecule has 0 aliphatic heterocycles. The fraction of sp³-hybridized carbons (Fsp3) is 0.300. The Morgan fingerprint density at radius 3 is 1.93 bits per heavy atom. The fourth-order valence-electron chi connectivity index (χ4n) is 2.58. The Bertz CT molecular complexity index is 816. The third-order valence-corrected chi connectivity index (χ3v) is 4.12. The lowest BCUT2D eigenvalue weighted by molar-refractivity contribution is -0.137. The van der Waals surface area contributed by atoms with Gasteiger partial charge in [-0.15, -0.1) is 0 Å². The van der Waals surface area contributed by atoms with E-state index in [4.69, 9.17) is 0 Å². The van der Waals surface area contributed by atoms with Crippen molar-refractivity contribution in [3.05, 3.63) is 54.1 Å². The lowest BCUT2D eigenvalue weighted by Gasteiger charge is -2.21. The molecule has 0 fully saturated rings. The van der Waals surface area contributed by atoms with Gasteiger partial charge in [-0.2, -0.15) is 13.2 Å². The lowest BCUT2D eigenvalue weighted by Crippen LogP contribution is -2.32. The molecule has 0 heterocycles. The largest absolute Gasteiger partial charge is 0.416 e. The third-order valence-electron chi connectivity index (χ3n) is 4.12. The highest BCUT2D eigenvalue weighted by Crippen LogP contribution is 2.30. The molecule has 0 aliphatic rings. The number of anilines is 3. The Balaban J connectivity index is 1.99. The van der Waals surface area contributed by atoms with Gasteiger partial charge in [0.2, 0.25) is 11.8 Å². The molecule has 0 unspecified atom stereocenters. The first-order chi connectivity index (χ1) is 13.1. The smallest absolute Gasteiger partial charge is 0.378 e. The number of amides is 2. The van der Waals surface area contributed by atoms with Crippen molar-refractivity contribution >= 4 is 28.9 Å². The zero-order chi connectivity index (χ0) is 20.9. The topological polar surface area (TPSA) is 52.7 Å². The molecule has 2 aromatic rings. The van der Waals surface area contributed by atoms with Gasteiger partial charge in [-0.1, -0.05) is 0 Å². The van der Waals surface area contributed by atoms with E-state index in [1.807, 2.05) is 31.1 Å². The average molecular weight is 393 g/mol. The number of hydrogen-bond donors (Lipinski definition) is 1. The predicted molar refractivity (Wildman–Crippen MR) is 103 cm³/mol. The summed E-state index contributed by atoms with van der Waals surface area (Å²) in [5.41, 5.74) is 1.13. The molecule has 0 saturated heterocycles. The Kier molecular flexibility index (Phi) is 6.66. The second-order valence-corrected chi connectivity index (χ2v) is 6.45. The quantitative estimate of drug-likeness (QED) is 0.802. The summed E-state index contributed by atoms with van der Waals surface area (Å²) in [4.78, 5) is 27.2. The molecule has 0 saturated carbocycles. The molecule has 150 valence electrons. The van der Waals surface area contributed by atoms with E-state index in [-0.39, 0.29) is 24.8 Å². The van der Waals surface area contributed by atoms with Gasteiger partial charge in [-0.05, 0) is 48.5 Å². The zero-order valence-electron chi connectivity index (χ0n) is 15.9. The van der Waals surface area contributed by atoms with Crippen molar-refractivity contribution in [3.8, 4) is 0 Å². The van der Waals surface area contributed by atoms with Crippen LogP contribution < -0.4 is 15.1 Å². The fourth-order valence-corrected chi connectivity index (χ4v) is 2.58. The van der Waals surface area contributed by atoms with Crippen molar-refractivity contribution in [1.29, 1.82) is 0 Å². The van der Waals surface area contributed by atoms with E-state index in [1.165, 1.54) is 24.0 Å². The summed E-state index contributed by atoms with van der Waals surface area (Å²) in [6, 6.07) is 11.5. The first kappa shape index (κ1) is 21.3. The van der Waals surface area contributed by atoms with E-state index in [0.717, 1.165) is 17.8 Å². The molecule has 1 N–H and O–H groups in total. The number of nitrogens with one attached hydrogen (secondary N) is 1. The van der Waals surface area contributed by atoms with Gasteiger partial charge < -0.3 is 15.1 Å². The van der Waals surface area contributed by atoms with Crippen LogP contribution in [0.25, 0.3) is 0 Å². The molecule has 2 amide bonds. The first-order valence-corrected chi connectivity index (χ1v) is 8.60. The Labute approximate surface area is 161 Å². The van der Waals surface area contributed by atoms with Gasteiger partial charge in [0, 0.05) is 51.0 Å². The maximum absolute atomic E-state index is 12.7. The third kappa shape index (κ3) is 5.73. The van der Waals surface area contributed by atoms with E-state index in [0.29, 0.717) is 11.4 Å². The normalized spacial score (nSPS) is 11.1. The molecular weight excluding hydrogens is 371 g/mol. The van der Waals surface area contributed by atoms with E-state index in [1.54, 1.807) is 12.1 Å². The van der Waals surface area contributed by atoms with Gasteiger partial charge in [-0.25, -0.2) is 0 Å². The molecular formula is C20H22F3N3O2. The van der Waals surface area contributed by atoms with Crippen molar-refractivity contribution in [3.63, 3.8) is 0 Å². The molecule has 2 rings (SSSR count). The number of halogens is 3. The predicted octanol–water partition coefficient (Wildman–Crippen LogP) is 4.15. The van der Waals surface area contributed by atoms with Crippen LogP contribution >= 0.6 is 0 Å². The van der Waals surface area contributed by atoms with E-state index >= 15 is 0 Å². The van der Waals surface area contributed by atoms with Crippen LogP contribution in [0.1, 0.15) is 18.9 Å². The number of alkyl halides is 3. The van der Waals surface area contributed by atoms with Crippen LogP contribution in [0.2, 0.25) is 0 Å². The van der Waals surface area contributed by atoms with Crippen molar-refractivity contribution in [2.75, 3.05) is 35.8 Å². The van der Waals surface area contributed by atoms with Gasteiger partial charge >= 0.3 is 6.18 Å². The molecule has 8 heteroatoms. The minimum absolute atomic E-state index is 0.00995. The summed E-state index contributed by atoms with van der Waals surface area (Å²) < 4.78 is 38.0. The van der Waals surface area contributed by atoms with Gasteiger partial charge in [0.15, 0.2) is 0 Å². The minimum Gasteiger partial charge on any atom is -0.378 e. The van der Waals surface area contributed by atoms with Crippen LogP contribution in [0.15, 0.2) is 48.5 Å². The number of nitrogens with zero attached hydrogens (tertiary/aromatic N) is 2. The number of hydrogen-bond acceptors (Lipinski definition) is 3. The molecule has 2 aromatic carbocycles. The van der Waals surface area contributed by atoms with Gasteiger partial charge in [0.05, 0.1) is 5.56 Å². The molecule has 0 aliphatic carbocycles. The summed E-state index contributed by atoms with van der Waals surface area (Å²) in [6.45, 7) is 1.36. The second kappa shape index (κ2) is 8.77. The molecule has 0 spiro atoms. The summed E-state index contributed by atoms with van der Waals surface area (Å²) in [5, 5.41) is 2.74. The Morgan fingerprint density at radius 2 is 1.46 bits per heavy atom. The number of rotatable bonds is 6. The molecule has 0 aromatic heterocycles. The molecule has 0 radical (unpaired) electrons. The molecule has 0 atom stereocenters. The van der Waals surface area contributed by atoms with Gasteiger partial charge in [0.1, 0.15) is 0 Å². The maximum atomic E-state index is 12.7. The summed E-state index contributed by atoms with van der Waals surface area (Å²) in [7, 11) is 3.82. The van der Waals surface area contributed by atoms with E-state index < -0.39 is 11.7 Å². The lowest BCUT2D eigenvalue weighted by atomic mass is 10.2. The number of benzene rings is 2. The zero-order valence-corrected chi connectivity index (χ0v) is 15.9. The summed E-state index contributed by atoms with van der Waals surface area (Å²) in [6.07, 6.45) is -4.43. The minimum atomic E-state index is -4.44. The molecule has 5 nitrogen and oxygen atoms in total. The highest BCUT2D eigenvalue weighted by Gasteiger charge is 2.30. The van der Waals surface area contributed by atoms with E-state index in [2.05, 4.69) is 5.32 Å². The van der Waals surface area contributed by atoms with Crippen LogP contribution in [0, 0.1) is 0 Å². The standard InChI is InChI=1S/C20H22F3N3O2/c1-14(27)26(18-8-4-15(5-9-18)20(21,22)23)13-12-19(28)24-16-6-10-17(11-7-16)25(2)3/h4-11H,12-13H2,1-3H3,(H,24,28). The van der Waals surface area contributed by atoms with Crippen molar-refractivity contribution < 1.29 is 22.8 Å².